The van der Waals surface area contributed by atoms with Crippen molar-refractivity contribution in [1.82, 2.24) is 10.6 Å². The maximum Gasteiger partial charge on any atom is 0.326 e. The summed E-state index contributed by atoms with van der Waals surface area (Å²) in [5.41, 5.74) is 0. The number of amides is 1. The molecule has 0 saturated heterocycles. The van der Waals surface area contributed by atoms with Crippen molar-refractivity contribution in [2.24, 2.45) is 5.92 Å². The Morgan fingerprint density at radius 3 is 2.47 bits per heavy atom. The zero-order valence-corrected chi connectivity index (χ0v) is 10.5. The summed E-state index contributed by atoms with van der Waals surface area (Å²) < 4.78 is 0. The van der Waals surface area contributed by atoms with Crippen LogP contribution in [0.3, 0.4) is 0 Å². The van der Waals surface area contributed by atoms with Crippen LogP contribution in [0.25, 0.3) is 0 Å². The Kier molecular flexibility index (Phi) is 5.41. The van der Waals surface area contributed by atoms with Gasteiger partial charge in [-0.25, -0.2) is 4.79 Å². The topological polar surface area (TPSA) is 78.4 Å². The van der Waals surface area contributed by atoms with Gasteiger partial charge in [-0.2, -0.15) is 0 Å². The van der Waals surface area contributed by atoms with Gasteiger partial charge in [0.05, 0.1) is 0 Å². The van der Waals surface area contributed by atoms with Gasteiger partial charge in [-0.1, -0.05) is 13.8 Å². The molecule has 1 fully saturated rings. The molecule has 0 aromatic rings. The Hall–Kier alpha value is -1.10. The summed E-state index contributed by atoms with van der Waals surface area (Å²) >= 11 is 0. The molecule has 1 unspecified atom stereocenters. The number of rotatable bonds is 8. The van der Waals surface area contributed by atoms with Crippen molar-refractivity contribution >= 4 is 11.9 Å². The number of hydrogen-bond donors (Lipinski definition) is 3. The number of aliphatic carboxylic acids is 1. The van der Waals surface area contributed by atoms with Crippen molar-refractivity contribution in [1.29, 1.82) is 0 Å². The first-order valence-corrected chi connectivity index (χ1v) is 6.24. The molecule has 0 aromatic carbocycles. The predicted octanol–water partition coefficient (Wildman–Crippen LogP) is 0.744. The number of carbonyl (C=O) groups excluding carboxylic acids is 1. The quantitative estimate of drug-likeness (QED) is 0.586. The second-order valence-electron chi connectivity index (χ2n) is 5.07. The SMILES string of the molecule is CC(C)CC(NC(=O)CCNC1CC1)C(=O)O. The van der Waals surface area contributed by atoms with Crippen LogP contribution in [0.15, 0.2) is 0 Å². The highest BCUT2D eigenvalue weighted by molar-refractivity contribution is 5.83. The molecule has 5 nitrogen and oxygen atoms in total. The molecule has 5 heteroatoms. The molecule has 1 aliphatic rings. The minimum absolute atomic E-state index is 0.189. The lowest BCUT2D eigenvalue weighted by molar-refractivity contribution is -0.142. The monoisotopic (exact) mass is 242 g/mol. The second-order valence-corrected chi connectivity index (χ2v) is 5.07. The van der Waals surface area contributed by atoms with Crippen molar-refractivity contribution in [3.05, 3.63) is 0 Å². The highest BCUT2D eigenvalue weighted by atomic mass is 16.4. The van der Waals surface area contributed by atoms with Gasteiger partial charge in [0.15, 0.2) is 0 Å². The molecule has 0 bridgehead atoms. The number of hydrogen-bond acceptors (Lipinski definition) is 3. The summed E-state index contributed by atoms with van der Waals surface area (Å²) in [6.07, 6.45) is 3.19. The van der Waals surface area contributed by atoms with Crippen LogP contribution in [-0.2, 0) is 9.59 Å². The van der Waals surface area contributed by atoms with E-state index in [0.29, 0.717) is 25.4 Å². The molecular formula is C12H22N2O3. The lowest BCUT2D eigenvalue weighted by Gasteiger charge is -2.16. The molecule has 1 atom stereocenters. The first-order chi connectivity index (χ1) is 7.99. The van der Waals surface area contributed by atoms with E-state index in [0.717, 1.165) is 0 Å². The van der Waals surface area contributed by atoms with E-state index in [1.807, 2.05) is 13.8 Å². The highest BCUT2D eigenvalue weighted by Crippen LogP contribution is 2.18. The number of carboxylic acids is 1. The van der Waals surface area contributed by atoms with Gasteiger partial charge in [0.25, 0.3) is 0 Å². The highest BCUT2D eigenvalue weighted by Gasteiger charge is 2.22. The first kappa shape index (κ1) is 14.0. The third kappa shape index (κ3) is 6.26. The van der Waals surface area contributed by atoms with Crippen molar-refractivity contribution in [3.8, 4) is 0 Å². The van der Waals surface area contributed by atoms with E-state index in [-0.39, 0.29) is 11.8 Å². The largest absolute Gasteiger partial charge is 0.480 e. The molecular weight excluding hydrogens is 220 g/mol. The van der Waals surface area contributed by atoms with Crippen LogP contribution >= 0.6 is 0 Å². The summed E-state index contributed by atoms with van der Waals surface area (Å²) in [7, 11) is 0. The average Bonchev–Trinajstić information content (AvgIpc) is 2.99. The van der Waals surface area contributed by atoms with Gasteiger partial charge < -0.3 is 15.7 Å². The molecule has 0 heterocycles. The maximum atomic E-state index is 11.5. The zero-order chi connectivity index (χ0) is 12.8. The van der Waals surface area contributed by atoms with Gasteiger partial charge in [0, 0.05) is 19.0 Å². The van der Waals surface area contributed by atoms with Crippen LogP contribution in [-0.4, -0.2) is 35.6 Å². The minimum atomic E-state index is -0.956. The molecule has 0 spiro atoms. The summed E-state index contributed by atoms with van der Waals surface area (Å²) in [5, 5.41) is 14.8. The van der Waals surface area contributed by atoms with E-state index in [1.165, 1.54) is 12.8 Å². The molecule has 1 rings (SSSR count). The Morgan fingerprint density at radius 1 is 1.35 bits per heavy atom. The van der Waals surface area contributed by atoms with Crippen LogP contribution < -0.4 is 10.6 Å². The van der Waals surface area contributed by atoms with Gasteiger partial charge in [-0.3, -0.25) is 4.79 Å². The van der Waals surface area contributed by atoms with E-state index >= 15 is 0 Å². The van der Waals surface area contributed by atoms with Crippen molar-refractivity contribution in [2.75, 3.05) is 6.54 Å². The standard InChI is InChI=1S/C12H22N2O3/c1-8(2)7-10(12(16)17)14-11(15)5-6-13-9-3-4-9/h8-10,13H,3-7H2,1-2H3,(H,14,15)(H,16,17). The van der Waals surface area contributed by atoms with Crippen LogP contribution in [0, 0.1) is 5.92 Å². The Bertz CT molecular complexity index is 275. The Morgan fingerprint density at radius 2 is 2.00 bits per heavy atom. The van der Waals surface area contributed by atoms with E-state index in [1.54, 1.807) is 0 Å². The molecule has 3 N–H and O–H groups in total. The van der Waals surface area contributed by atoms with E-state index in [4.69, 9.17) is 5.11 Å². The van der Waals surface area contributed by atoms with Gasteiger partial charge >= 0.3 is 5.97 Å². The van der Waals surface area contributed by atoms with Crippen LogP contribution in [0.4, 0.5) is 0 Å². The summed E-state index contributed by atoms with van der Waals surface area (Å²) in [6, 6.07) is -0.183. The smallest absolute Gasteiger partial charge is 0.326 e. The minimum Gasteiger partial charge on any atom is -0.480 e. The third-order valence-corrected chi connectivity index (χ3v) is 2.70. The number of carboxylic acid groups (broad SMARTS) is 1. The molecule has 17 heavy (non-hydrogen) atoms. The molecule has 0 aromatic heterocycles. The third-order valence-electron chi connectivity index (χ3n) is 2.70. The summed E-state index contributed by atoms with van der Waals surface area (Å²) in [4.78, 5) is 22.5. The molecule has 0 aliphatic heterocycles. The van der Waals surface area contributed by atoms with Crippen LogP contribution in [0.5, 0.6) is 0 Å². The molecule has 98 valence electrons. The normalized spacial score (nSPS) is 16.9. The fraction of sp³-hybridized carbons (Fsp3) is 0.833. The van der Waals surface area contributed by atoms with Crippen LogP contribution in [0.2, 0.25) is 0 Å². The lowest BCUT2D eigenvalue weighted by atomic mass is 10.0. The molecule has 1 saturated carbocycles. The van der Waals surface area contributed by atoms with Crippen LogP contribution in [0.1, 0.15) is 39.5 Å². The molecule has 1 amide bonds. The van der Waals surface area contributed by atoms with Crippen molar-refractivity contribution < 1.29 is 14.7 Å². The van der Waals surface area contributed by atoms with E-state index < -0.39 is 12.0 Å². The van der Waals surface area contributed by atoms with Gasteiger partial charge in [-0.05, 0) is 25.2 Å². The van der Waals surface area contributed by atoms with Gasteiger partial charge in [-0.15, -0.1) is 0 Å². The fourth-order valence-electron chi connectivity index (χ4n) is 1.64. The van der Waals surface area contributed by atoms with Crippen molar-refractivity contribution in [3.63, 3.8) is 0 Å². The van der Waals surface area contributed by atoms with Gasteiger partial charge in [0.1, 0.15) is 6.04 Å². The molecule has 1 aliphatic carbocycles. The fourth-order valence-corrected chi connectivity index (χ4v) is 1.64. The lowest BCUT2D eigenvalue weighted by Crippen LogP contribution is -2.42. The maximum absolute atomic E-state index is 11.5. The number of nitrogens with one attached hydrogen (secondary N) is 2. The Balaban J connectivity index is 2.21. The average molecular weight is 242 g/mol. The Labute approximate surface area is 102 Å². The molecule has 0 radical (unpaired) electrons. The van der Waals surface area contributed by atoms with Crippen molar-refractivity contribution in [2.45, 2.75) is 51.6 Å². The van der Waals surface area contributed by atoms with Gasteiger partial charge in [0.2, 0.25) is 5.91 Å². The second kappa shape index (κ2) is 6.59. The first-order valence-electron chi connectivity index (χ1n) is 6.24. The zero-order valence-electron chi connectivity index (χ0n) is 10.5. The number of carbonyl (C=O) groups is 2. The van der Waals surface area contributed by atoms with E-state index in [2.05, 4.69) is 10.6 Å². The summed E-state index contributed by atoms with van der Waals surface area (Å²) in [6.45, 7) is 4.51. The predicted molar refractivity (Wildman–Crippen MR) is 64.7 cm³/mol. The van der Waals surface area contributed by atoms with E-state index in [9.17, 15) is 9.59 Å². The summed E-state index contributed by atoms with van der Waals surface area (Å²) in [5.74, 6) is -0.894.